The Morgan fingerprint density at radius 1 is 1.26 bits per heavy atom. The maximum atomic E-state index is 13.4. The minimum Gasteiger partial charge on any atom is -0.370 e. The lowest BCUT2D eigenvalue weighted by Crippen LogP contribution is -2.51. The Hall–Kier alpha value is -3.21. The summed E-state index contributed by atoms with van der Waals surface area (Å²) in [6.45, 7) is 3.35. The average molecular weight is 455 g/mol. The lowest BCUT2D eigenvalue weighted by molar-refractivity contribution is -0.144. The number of aromatic nitrogens is 2. The van der Waals surface area contributed by atoms with Gasteiger partial charge in [0.1, 0.15) is 0 Å². The number of rotatable bonds is 9. The molecule has 0 aliphatic rings. The Balaban J connectivity index is 2.48. The SMILES string of the molecule is CC(C)C[C@H](C(=O)NN(CCC(N)=O)C(=O)C(F)Cl)c1c(C(N)=O)nn2ccccc12. The second-order valence-corrected chi connectivity index (χ2v) is 7.71. The van der Waals surface area contributed by atoms with E-state index in [-0.39, 0.29) is 36.6 Å². The zero-order chi connectivity index (χ0) is 23.3. The molecule has 10 nitrogen and oxygen atoms in total. The van der Waals surface area contributed by atoms with Gasteiger partial charge in [0, 0.05) is 18.2 Å². The number of primary amides is 2. The molecule has 31 heavy (non-hydrogen) atoms. The van der Waals surface area contributed by atoms with Crippen molar-refractivity contribution in [2.45, 2.75) is 38.2 Å². The van der Waals surface area contributed by atoms with Crippen molar-refractivity contribution in [3.8, 4) is 0 Å². The molecule has 2 aromatic rings. The standard InChI is InChI=1S/C19H24ClFN6O4/c1-10(2)9-11(14-12-5-3-4-7-26(12)24-15(14)17(23)29)18(30)25-27(8-6-13(22)28)19(31)16(20)21/h3-5,7,10-11,16H,6,8-9H2,1-2H3,(H2,22,28)(H2,23,29)(H,25,30)/t11-,16?/m0/s1. The molecule has 5 N–H and O–H groups in total. The largest absolute Gasteiger partial charge is 0.370 e. The Morgan fingerprint density at radius 3 is 2.48 bits per heavy atom. The minimum atomic E-state index is -2.44. The third kappa shape index (κ3) is 5.91. The molecule has 0 fully saturated rings. The normalized spacial score (nSPS) is 13.1. The van der Waals surface area contributed by atoms with E-state index in [2.05, 4.69) is 10.5 Å². The molecular weight excluding hydrogens is 431 g/mol. The fraction of sp³-hybridized carbons (Fsp3) is 0.421. The van der Waals surface area contributed by atoms with Gasteiger partial charge in [0.2, 0.25) is 11.8 Å². The van der Waals surface area contributed by atoms with Gasteiger partial charge < -0.3 is 11.5 Å². The Bertz CT molecular complexity index is 993. The van der Waals surface area contributed by atoms with Crippen molar-refractivity contribution >= 4 is 40.7 Å². The maximum Gasteiger partial charge on any atom is 0.291 e. The number of nitrogens with zero attached hydrogens (tertiary/aromatic N) is 3. The van der Waals surface area contributed by atoms with E-state index in [1.807, 2.05) is 13.8 Å². The smallest absolute Gasteiger partial charge is 0.291 e. The van der Waals surface area contributed by atoms with Gasteiger partial charge in [-0.25, -0.2) is 13.9 Å². The molecule has 2 atom stereocenters. The summed E-state index contributed by atoms with van der Waals surface area (Å²) in [7, 11) is 0. The fourth-order valence-electron chi connectivity index (χ4n) is 3.14. The molecule has 168 valence electrons. The lowest BCUT2D eigenvalue weighted by atomic mass is 9.88. The van der Waals surface area contributed by atoms with Crippen molar-refractivity contribution in [3.05, 3.63) is 35.7 Å². The van der Waals surface area contributed by atoms with E-state index in [0.29, 0.717) is 10.5 Å². The first kappa shape index (κ1) is 24.1. The quantitative estimate of drug-likeness (QED) is 0.378. The first-order chi connectivity index (χ1) is 14.5. The fourth-order valence-corrected chi connectivity index (χ4v) is 3.26. The van der Waals surface area contributed by atoms with Gasteiger partial charge in [-0.2, -0.15) is 5.10 Å². The van der Waals surface area contributed by atoms with E-state index in [9.17, 15) is 23.6 Å². The second-order valence-electron chi connectivity index (χ2n) is 7.32. The molecule has 0 aromatic carbocycles. The molecule has 4 amide bonds. The Kier molecular flexibility index (Phi) is 7.92. The Morgan fingerprint density at radius 2 is 1.94 bits per heavy atom. The number of alkyl halides is 2. The van der Waals surface area contributed by atoms with E-state index in [1.165, 1.54) is 4.52 Å². The van der Waals surface area contributed by atoms with Crippen LogP contribution in [-0.4, -0.2) is 50.4 Å². The van der Waals surface area contributed by atoms with E-state index >= 15 is 0 Å². The van der Waals surface area contributed by atoms with Crippen molar-refractivity contribution < 1.29 is 23.6 Å². The third-order valence-electron chi connectivity index (χ3n) is 4.46. The van der Waals surface area contributed by atoms with Gasteiger partial charge in [-0.1, -0.05) is 31.5 Å². The summed E-state index contributed by atoms with van der Waals surface area (Å²) in [4.78, 5) is 48.4. The van der Waals surface area contributed by atoms with Crippen LogP contribution in [-0.2, 0) is 14.4 Å². The van der Waals surface area contributed by atoms with Crippen LogP contribution in [0.25, 0.3) is 5.52 Å². The van der Waals surface area contributed by atoms with E-state index in [0.717, 1.165) is 0 Å². The van der Waals surface area contributed by atoms with Crippen LogP contribution in [0, 0.1) is 5.92 Å². The number of halogens is 2. The third-order valence-corrected chi connectivity index (χ3v) is 4.65. The van der Waals surface area contributed by atoms with Gasteiger partial charge in [0.15, 0.2) is 5.69 Å². The van der Waals surface area contributed by atoms with Gasteiger partial charge in [0.25, 0.3) is 17.4 Å². The number of carbonyl (C=O) groups is 4. The number of hydrogen-bond acceptors (Lipinski definition) is 5. The summed E-state index contributed by atoms with van der Waals surface area (Å²) in [5, 5.41) is 4.77. The van der Waals surface area contributed by atoms with Gasteiger partial charge in [0.05, 0.1) is 18.0 Å². The zero-order valence-electron chi connectivity index (χ0n) is 17.0. The molecule has 0 aliphatic heterocycles. The summed E-state index contributed by atoms with van der Waals surface area (Å²) in [5.74, 6) is -4.52. The monoisotopic (exact) mass is 454 g/mol. The molecule has 2 heterocycles. The molecule has 1 unspecified atom stereocenters. The minimum absolute atomic E-state index is 0.00754. The average Bonchev–Trinajstić information content (AvgIpc) is 3.07. The second kappa shape index (κ2) is 10.2. The highest BCUT2D eigenvalue weighted by Gasteiger charge is 2.33. The summed E-state index contributed by atoms with van der Waals surface area (Å²) in [6, 6.07) is 5.07. The number of nitrogens with one attached hydrogen (secondary N) is 1. The first-order valence-electron chi connectivity index (χ1n) is 9.48. The van der Waals surface area contributed by atoms with Gasteiger partial charge in [-0.3, -0.25) is 24.6 Å². The molecule has 0 saturated carbocycles. The van der Waals surface area contributed by atoms with Crippen LogP contribution in [0.3, 0.4) is 0 Å². The van der Waals surface area contributed by atoms with Gasteiger partial charge in [-0.15, -0.1) is 0 Å². The molecule has 0 aliphatic carbocycles. The number of carbonyl (C=O) groups excluding carboxylic acids is 4. The number of hydrazine groups is 1. The van der Waals surface area contributed by atoms with Crippen LogP contribution in [0.5, 0.6) is 0 Å². The Labute approximate surface area is 182 Å². The molecule has 0 spiro atoms. The van der Waals surface area contributed by atoms with E-state index in [1.54, 1.807) is 24.4 Å². The number of hydrogen-bond donors (Lipinski definition) is 3. The first-order valence-corrected chi connectivity index (χ1v) is 9.92. The van der Waals surface area contributed by atoms with Crippen molar-refractivity contribution in [1.82, 2.24) is 20.0 Å². The van der Waals surface area contributed by atoms with Crippen molar-refractivity contribution in [3.63, 3.8) is 0 Å². The highest BCUT2D eigenvalue weighted by Crippen LogP contribution is 2.31. The van der Waals surface area contributed by atoms with Gasteiger partial charge in [-0.05, 0) is 24.5 Å². The van der Waals surface area contributed by atoms with Crippen LogP contribution in [0.4, 0.5) is 4.39 Å². The number of pyridine rings is 1. The van der Waals surface area contributed by atoms with Crippen LogP contribution >= 0.6 is 11.6 Å². The van der Waals surface area contributed by atoms with Crippen LogP contribution in [0.15, 0.2) is 24.4 Å². The zero-order valence-corrected chi connectivity index (χ0v) is 17.8. The summed E-state index contributed by atoms with van der Waals surface area (Å²) in [5.41, 5.74) is 11.1. The topological polar surface area (TPSA) is 153 Å². The van der Waals surface area contributed by atoms with Crippen LogP contribution < -0.4 is 16.9 Å². The number of nitrogens with two attached hydrogens (primary N) is 2. The van der Waals surface area contributed by atoms with Crippen molar-refractivity contribution in [2.24, 2.45) is 17.4 Å². The molecular formula is C19H24ClFN6O4. The summed E-state index contributed by atoms with van der Waals surface area (Å²) in [6.07, 6.45) is 1.54. The molecule has 2 rings (SSSR count). The summed E-state index contributed by atoms with van der Waals surface area (Å²) < 4.78 is 14.8. The van der Waals surface area contributed by atoms with Crippen molar-refractivity contribution in [2.75, 3.05) is 6.54 Å². The molecule has 0 radical (unpaired) electrons. The molecule has 0 bridgehead atoms. The van der Waals surface area contributed by atoms with Crippen LogP contribution in [0.1, 0.15) is 48.7 Å². The molecule has 0 saturated heterocycles. The molecule has 12 heteroatoms. The predicted molar refractivity (Wildman–Crippen MR) is 110 cm³/mol. The van der Waals surface area contributed by atoms with E-state index < -0.39 is 35.2 Å². The highest BCUT2D eigenvalue weighted by molar-refractivity contribution is 6.29. The van der Waals surface area contributed by atoms with Crippen LogP contribution in [0.2, 0.25) is 0 Å². The van der Waals surface area contributed by atoms with Crippen molar-refractivity contribution in [1.29, 1.82) is 0 Å². The number of amides is 4. The van der Waals surface area contributed by atoms with E-state index in [4.69, 9.17) is 23.1 Å². The highest BCUT2D eigenvalue weighted by atomic mass is 35.5. The predicted octanol–water partition coefficient (Wildman–Crippen LogP) is 0.833. The lowest BCUT2D eigenvalue weighted by Gasteiger charge is -2.26. The summed E-state index contributed by atoms with van der Waals surface area (Å²) >= 11 is 5.23. The molecule has 2 aromatic heterocycles. The number of fused-ring (bicyclic) bond motifs is 1. The van der Waals surface area contributed by atoms with Gasteiger partial charge >= 0.3 is 0 Å². The maximum absolute atomic E-state index is 13.4.